The zero-order chi connectivity index (χ0) is 13.5. The van der Waals surface area contributed by atoms with Crippen LogP contribution in [0.2, 0.25) is 0 Å². The lowest BCUT2D eigenvalue weighted by Crippen LogP contribution is -2.40. The Bertz CT molecular complexity index is 391. The number of aryl methyl sites for hydroxylation is 1. The Labute approximate surface area is 115 Å². The number of amides is 1. The second-order valence-electron chi connectivity index (χ2n) is 5.22. The highest BCUT2D eigenvalue weighted by Gasteiger charge is 2.27. The van der Waals surface area contributed by atoms with Crippen molar-refractivity contribution in [2.24, 2.45) is 0 Å². The molecule has 3 heteroatoms. The molecule has 0 unspecified atom stereocenters. The van der Waals surface area contributed by atoms with E-state index in [1.807, 2.05) is 18.2 Å². The molecule has 104 valence electrons. The average Bonchev–Trinajstić information content (AvgIpc) is 2.87. The summed E-state index contributed by atoms with van der Waals surface area (Å²) >= 11 is 0. The van der Waals surface area contributed by atoms with E-state index in [1.54, 1.807) is 7.11 Å². The number of hydrogen-bond donors (Lipinski definition) is 1. The first-order valence-corrected chi connectivity index (χ1v) is 7.15. The summed E-state index contributed by atoms with van der Waals surface area (Å²) in [6.45, 7) is 0. The first-order chi connectivity index (χ1) is 9.29. The SMILES string of the molecule is CO[C@@H]1CCC[C@H]1NC(=O)CCCc1ccccc1. The fraction of sp³-hybridized carbons (Fsp3) is 0.562. The summed E-state index contributed by atoms with van der Waals surface area (Å²) in [5.74, 6) is 0.157. The standard InChI is InChI=1S/C16H23NO2/c1-19-15-11-6-10-14(15)17-16(18)12-5-9-13-7-3-2-4-8-13/h2-4,7-8,14-15H,5-6,9-12H2,1H3,(H,17,18)/t14-,15-/m1/s1. The van der Waals surface area contributed by atoms with Crippen molar-refractivity contribution in [1.82, 2.24) is 5.32 Å². The molecule has 1 aliphatic rings. The lowest BCUT2D eigenvalue weighted by Gasteiger charge is -2.19. The molecule has 1 amide bonds. The van der Waals surface area contributed by atoms with E-state index < -0.39 is 0 Å². The molecule has 1 N–H and O–H groups in total. The third-order valence-electron chi connectivity index (χ3n) is 3.81. The van der Waals surface area contributed by atoms with Gasteiger partial charge in [0.25, 0.3) is 0 Å². The third-order valence-corrected chi connectivity index (χ3v) is 3.81. The van der Waals surface area contributed by atoms with Crippen molar-refractivity contribution in [3.8, 4) is 0 Å². The van der Waals surface area contributed by atoms with Gasteiger partial charge in [-0.3, -0.25) is 4.79 Å². The summed E-state index contributed by atoms with van der Waals surface area (Å²) in [5, 5.41) is 3.10. The fourth-order valence-corrected chi connectivity index (χ4v) is 2.75. The van der Waals surface area contributed by atoms with Crippen LogP contribution in [-0.4, -0.2) is 25.2 Å². The molecule has 3 nitrogen and oxygen atoms in total. The van der Waals surface area contributed by atoms with Crippen LogP contribution in [-0.2, 0) is 16.0 Å². The van der Waals surface area contributed by atoms with Crippen molar-refractivity contribution >= 4 is 5.91 Å². The minimum atomic E-state index is 0.157. The van der Waals surface area contributed by atoms with Crippen LogP contribution in [0.1, 0.15) is 37.7 Å². The molecule has 1 aromatic carbocycles. The predicted molar refractivity (Wildman–Crippen MR) is 76.0 cm³/mol. The van der Waals surface area contributed by atoms with Crippen LogP contribution in [0, 0.1) is 0 Å². The van der Waals surface area contributed by atoms with E-state index in [9.17, 15) is 4.79 Å². The lowest BCUT2D eigenvalue weighted by atomic mass is 10.1. The summed E-state index contributed by atoms with van der Waals surface area (Å²) in [4.78, 5) is 11.9. The molecule has 2 rings (SSSR count). The summed E-state index contributed by atoms with van der Waals surface area (Å²) in [5.41, 5.74) is 1.30. The molecule has 0 radical (unpaired) electrons. The smallest absolute Gasteiger partial charge is 0.220 e. The molecular formula is C16H23NO2. The quantitative estimate of drug-likeness (QED) is 0.855. The Morgan fingerprint density at radius 1 is 1.32 bits per heavy atom. The number of benzene rings is 1. The Balaban J connectivity index is 1.67. The van der Waals surface area contributed by atoms with Gasteiger partial charge >= 0.3 is 0 Å². The normalized spacial score (nSPS) is 22.4. The average molecular weight is 261 g/mol. The van der Waals surface area contributed by atoms with Crippen LogP contribution in [0.15, 0.2) is 30.3 Å². The molecule has 0 heterocycles. The van der Waals surface area contributed by atoms with Gasteiger partial charge in [0.1, 0.15) is 0 Å². The van der Waals surface area contributed by atoms with Gasteiger partial charge in [-0.25, -0.2) is 0 Å². The number of ether oxygens (including phenoxy) is 1. The third kappa shape index (κ3) is 4.35. The minimum absolute atomic E-state index is 0.157. The van der Waals surface area contributed by atoms with Crippen molar-refractivity contribution in [3.05, 3.63) is 35.9 Å². The molecular weight excluding hydrogens is 238 g/mol. The van der Waals surface area contributed by atoms with Gasteiger partial charge < -0.3 is 10.1 Å². The molecule has 1 aliphatic carbocycles. The van der Waals surface area contributed by atoms with Gasteiger partial charge in [0.2, 0.25) is 5.91 Å². The van der Waals surface area contributed by atoms with Crippen LogP contribution < -0.4 is 5.32 Å². The second-order valence-corrected chi connectivity index (χ2v) is 5.22. The molecule has 0 saturated heterocycles. The van der Waals surface area contributed by atoms with Gasteiger partial charge in [0.05, 0.1) is 12.1 Å². The van der Waals surface area contributed by atoms with Gasteiger partial charge in [0, 0.05) is 13.5 Å². The van der Waals surface area contributed by atoms with Gasteiger partial charge in [0.15, 0.2) is 0 Å². The highest BCUT2D eigenvalue weighted by Crippen LogP contribution is 2.21. The van der Waals surface area contributed by atoms with Gasteiger partial charge in [-0.1, -0.05) is 30.3 Å². The molecule has 1 aromatic rings. The van der Waals surface area contributed by atoms with E-state index in [4.69, 9.17) is 4.74 Å². The van der Waals surface area contributed by atoms with E-state index in [1.165, 1.54) is 5.56 Å². The van der Waals surface area contributed by atoms with Crippen molar-refractivity contribution in [2.75, 3.05) is 7.11 Å². The van der Waals surface area contributed by atoms with Crippen molar-refractivity contribution < 1.29 is 9.53 Å². The zero-order valence-corrected chi connectivity index (χ0v) is 11.6. The Morgan fingerprint density at radius 2 is 2.11 bits per heavy atom. The number of carbonyl (C=O) groups excluding carboxylic acids is 1. The van der Waals surface area contributed by atoms with E-state index in [-0.39, 0.29) is 18.1 Å². The Morgan fingerprint density at radius 3 is 2.84 bits per heavy atom. The number of methoxy groups -OCH3 is 1. The van der Waals surface area contributed by atoms with E-state index >= 15 is 0 Å². The maximum atomic E-state index is 11.9. The van der Waals surface area contributed by atoms with Crippen molar-refractivity contribution in [2.45, 2.75) is 50.7 Å². The highest BCUT2D eigenvalue weighted by atomic mass is 16.5. The monoisotopic (exact) mass is 261 g/mol. The number of rotatable bonds is 6. The highest BCUT2D eigenvalue weighted by molar-refractivity contribution is 5.76. The minimum Gasteiger partial charge on any atom is -0.379 e. The van der Waals surface area contributed by atoms with Gasteiger partial charge in [-0.05, 0) is 37.7 Å². The maximum absolute atomic E-state index is 11.9. The van der Waals surface area contributed by atoms with E-state index in [0.717, 1.165) is 32.1 Å². The molecule has 2 atom stereocenters. The summed E-state index contributed by atoms with van der Waals surface area (Å²) < 4.78 is 5.38. The first kappa shape index (κ1) is 14.1. The Kier molecular flexibility index (Phi) is 5.40. The van der Waals surface area contributed by atoms with E-state index in [0.29, 0.717) is 6.42 Å². The lowest BCUT2D eigenvalue weighted by molar-refractivity contribution is -0.122. The second kappa shape index (κ2) is 7.29. The molecule has 0 aliphatic heterocycles. The molecule has 1 saturated carbocycles. The van der Waals surface area contributed by atoms with Crippen LogP contribution in [0.3, 0.4) is 0 Å². The number of nitrogens with one attached hydrogen (secondary N) is 1. The molecule has 0 spiro atoms. The maximum Gasteiger partial charge on any atom is 0.220 e. The fourth-order valence-electron chi connectivity index (χ4n) is 2.75. The summed E-state index contributed by atoms with van der Waals surface area (Å²) in [7, 11) is 1.73. The largest absolute Gasteiger partial charge is 0.379 e. The molecule has 19 heavy (non-hydrogen) atoms. The van der Waals surface area contributed by atoms with Crippen LogP contribution in [0.5, 0.6) is 0 Å². The topological polar surface area (TPSA) is 38.3 Å². The van der Waals surface area contributed by atoms with Gasteiger partial charge in [-0.2, -0.15) is 0 Å². The molecule has 0 bridgehead atoms. The number of carbonyl (C=O) groups is 1. The zero-order valence-electron chi connectivity index (χ0n) is 11.6. The first-order valence-electron chi connectivity index (χ1n) is 7.15. The molecule has 1 fully saturated rings. The van der Waals surface area contributed by atoms with Crippen molar-refractivity contribution in [3.63, 3.8) is 0 Å². The molecule has 0 aromatic heterocycles. The summed E-state index contributed by atoms with van der Waals surface area (Å²) in [6, 6.07) is 10.5. The van der Waals surface area contributed by atoms with Crippen LogP contribution in [0.4, 0.5) is 0 Å². The summed E-state index contributed by atoms with van der Waals surface area (Å²) in [6.07, 6.45) is 5.93. The number of hydrogen-bond acceptors (Lipinski definition) is 2. The van der Waals surface area contributed by atoms with Crippen molar-refractivity contribution in [1.29, 1.82) is 0 Å². The van der Waals surface area contributed by atoms with Gasteiger partial charge in [-0.15, -0.1) is 0 Å². The van der Waals surface area contributed by atoms with Crippen LogP contribution >= 0.6 is 0 Å². The Hall–Kier alpha value is -1.35. The van der Waals surface area contributed by atoms with Crippen LogP contribution in [0.25, 0.3) is 0 Å². The van der Waals surface area contributed by atoms with E-state index in [2.05, 4.69) is 17.4 Å². The predicted octanol–water partition coefficient (Wildman–Crippen LogP) is 2.69.